The normalized spacial score (nSPS) is 6.75. The molecule has 0 aliphatic rings. The quantitative estimate of drug-likeness (QED) is 0.509. The van der Waals surface area contributed by atoms with Gasteiger partial charge in [0.15, 0.2) is 0 Å². The summed E-state index contributed by atoms with van der Waals surface area (Å²) in [6.45, 7) is 0. The molecule has 4 heavy (non-hydrogen) atoms. The van der Waals surface area contributed by atoms with E-state index in [4.69, 9.17) is 0 Å². The Kier molecular flexibility index (Phi) is 6.66. The number of hydrogen-bond donors (Lipinski definition) is 0. The van der Waals surface area contributed by atoms with E-state index in [-0.39, 0.29) is 0 Å². The van der Waals surface area contributed by atoms with Crippen molar-refractivity contribution < 1.29 is 24.7 Å². The third-order valence-electron chi connectivity index (χ3n) is 0. The van der Waals surface area contributed by atoms with Crippen LogP contribution in [0.5, 0.6) is 0 Å². The third-order valence-corrected chi connectivity index (χ3v) is 0. The first-order valence-electron chi connectivity index (χ1n) is 0.567. The molecule has 0 saturated heterocycles. The van der Waals surface area contributed by atoms with Crippen LogP contribution >= 0.6 is 27.6 Å². The Morgan fingerprint density at radius 3 is 1.00 bits per heavy atom. The predicted octanol–water partition coefficient (Wildman–Crippen LogP) is 2.54. The van der Waals surface area contributed by atoms with E-state index >= 15 is 0 Å². The minimum absolute atomic E-state index is 1.29. The molecule has 0 radical (unpaired) electrons. The molecular formula is Br3Th. The van der Waals surface area contributed by atoms with Crippen molar-refractivity contribution in [3.63, 3.8) is 0 Å². The molecule has 0 N–H and O–H groups in total. The molecule has 0 aliphatic heterocycles. The van der Waals surface area contributed by atoms with Gasteiger partial charge in [-0.2, -0.15) is 0 Å². The monoisotopic (exact) mass is 469 g/mol. The Morgan fingerprint density at radius 1 is 1.00 bits per heavy atom. The van der Waals surface area contributed by atoms with Gasteiger partial charge in [0.2, 0.25) is 0 Å². The van der Waals surface area contributed by atoms with Gasteiger partial charge in [-0.05, 0) is 0 Å². The first kappa shape index (κ1) is 6.76. The van der Waals surface area contributed by atoms with Gasteiger partial charge in [0.25, 0.3) is 0 Å². The zero-order valence-corrected chi connectivity index (χ0v) is 10.5. The van der Waals surface area contributed by atoms with E-state index < -0.39 is 24.7 Å². The number of rotatable bonds is 0. The van der Waals surface area contributed by atoms with E-state index in [1.807, 2.05) is 0 Å². The Hall–Kier alpha value is 2.76. The molecular weight excluding hydrogens is 472 g/mol. The molecule has 0 heterocycles. The fourth-order valence-corrected chi connectivity index (χ4v) is 0. The first-order valence-corrected chi connectivity index (χ1v) is 27.2. The van der Waals surface area contributed by atoms with Gasteiger partial charge in [0.1, 0.15) is 0 Å². The van der Waals surface area contributed by atoms with Crippen molar-refractivity contribution in [3.05, 3.63) is 0 Å². The van der Waals surface area contributed by atoms with Gasteiger partial charge in [-0.1, -0.05) is 0 Å². The van der Waals surface area contributed by atoms with Gasteiger partial charge >= 0.3 is 52.4 Å². The van der Waals surface area contributed by atoms with Gasteiger partial charge in [-0.15, -0.1) is 0 Å². The molecule has 0 unspecified atom stereocenters. The SMILES string of the molecule is [Br][Th]([Br])[Br]. The molecule has 0 amide bonds. The minimum atomic E-state index is -1.29. The van der Waals surface area contributed by atoms with Crippen LogP contribution in [0, 0.1) is 24.7 Å². The molecule has 0 saturated carbocycles. The van der Waals surface area contributed by atoms with E-state index in [1.54, 1.807) is 0 Å². The standard InChI is InChI=1S/3BrH.Th/h3*1H;/q;;;+3/p-3. The fraction of sp³-hybridized carbons (Fsp3) is 0. The molecule has 0 nitrogen and oxygen atoms in total. The second-order valence-electron chi connectivity index (χ2n) is 0.214. The van der Waals surface area contributed by atoms with Gasteiger partial charge in [0.05, 0.1) is 0 Å². The Balaban J connectivity index is 2.32. The van der Waals surface area contributed by atoms with Crippen LogP contribution in [0.3, 0.4) is 0 Å². The van der Waals surface area contributed by atoms with Crippen LogP contribution in [0.1, 0.15) is 0 Å². The summed E-state index contributed by atoms with van der Waals surface area (Å²) in [5.41, 5.74) is 0. The molecule has 0 bridgehead atoms. The van der Waals surface area contributed by atoms with Gasteiger partial charge in [-0.25, -0.2) is 0 Å². The Labute approximate surface area is 50.6 Å². The second kappa shape index (κ2) is 3.94. The van der Waals surface area contributed by atoms with Crippen molar-refractivity contribution in [2.45, 2.75) is 0 Å². The van der Waals surface area contributed by atoms with E-state index in [1.165, 1.54) is 0 Å². The number of hydrogen-bond acceptors (Lipinski definition) is 0. The zero-order valence-electron chi connectivity index (χ0n) is 1.63. The second-order valence-corrected chi connectivity index (χ2v) is 53.3. The summed E-state index contributed by atoms with van der Waals surface area (Å²) in [6.07, 6.45) is 0. The molecule has 0 aliphatic carbocycles. The molecule has 0 aromatic rings. The van der Waals surface area contributed by atoms with Crippen molar-refractivity contribution in [2.75, 3.05) is 0 Å². The summed E-state index contributed by atoms with van der Waals surface area (Å²) in [6, 6.07) is 0. The van der Waals surface area contributed by atoms with Crippen LogP contribution in [0.4, 0.5) is 0 Å². The van der Waals surface area contributed by atoms with Crippen molar-refractivity contribution in [1.82, 2.24) is 0 Å². The van der Waals surface area contributed by atoms with Crippen LogP contribution < -0.4 is 0 Å². The molecule has 25 valence electrons. The molecule has 0 fully saturated rings. The third kappa shape index (κ3) is 8.83. The fourth-order valence-electron chi connectivity index (χ4n) is 0. The van der Waals surface area contributed by atoms with Crippen LogP contribution in [0.15, 0.2) is 0 Å². The summed E-state index contributed by atoms with van der Waals surface area (Å²) in [7, 11) is 9.98. The molecule has 0 rings (SSSR count). The zero-order chi connectivity index (χ0) is 3.58. The summed E-state index contributed by atoms with van der Waals surface area (Å²) in [5.74, 6) is 0. The van der Waals surface area contributed by atoms with E-state index in [2.05, 4.69) is 27.6 Å². The van der Waals surface area contributed by atoms with Gasteiger partial charge in [-0.3, -0.25) is 0 Å². The maximum absolute atomic E-state index is 3.33. The van der Waals surface area contributed by atoms with Crippen molar-refractivity contribution >= 4 is 27.6 Å². The molecule has 4 heteroatoms. The predicted molar refractivity (Wildman–Crippen MR) is 26.8 cm³/mol. The van der Waals surface area contributed by atoms with Crippen LogP contribution in [-0.4, -0.2) is 0 Å². The van der Waals surface area contributed by atoms with Crippen molar-refractivity contribution in [2.24, 2.45) is 0 Å². The Bertz CT molecular complexity index is 8.00. The van der Waals surface area contributed by atoms with Crippen molar-refractivity contribution in [1.29, 1.82) is 0 Å². The maximum atomic E-state index is 3.33. The van der Waals surface area contributed by atoms with Crippen molar-refractivity contribution in [3.8, 4) is 0 Å². The van der Waals surface area contributed by atoms with E-state index in [9.17, 15) is 0 Å². The van der Waals surface area contributed by atoms with E-state index in [0.29, 0.717) is 0 Å². The average Bonchev–Trinajstić information content (AvgIpc) is 0.811. The average molecular weight is 472 g/mol. The molecule has 0 spiro atoms. The topological polar surface area (TPSA) is 0 Å². The van der Waals surface area contributed by atoms with Crippen LogP contribution in [0.2, 0.25) is 0 Å². The van der Waals surface area contributed by atoms with Gasteiger partial charge < -0.3 is 0 Å². The van der Waals surface area contributed by atoms with Gasteiger partial charge in [0, 0.05) is 0 Å². The Morgan fingerprint density at radius 2 is 1.00 bits per heavy atom. The summed E-state index contributed by atoms with van der Waals surface area (Å²) < 4.78 is 0. The van der Waals surface area contributed by atoms with Crippen LogP contribution in [0.25, 0.3) is 0 Å². The molecule has 0 atom stereocenters. The molecule has 0 aromatic carbocycles. The first-order chi connectivity index (χ1) is 1.73. The summed E-state index contributed by atoms with van der Waals surface area (Å²) in [4.78, 5) is 0. The number of halogens is 3. The summed E-state index contributed by atoms with van der Waals surface area (Å²) >= 11 is -1.29. The summed E-state index contributed by atoms with van der Waals surface area (Å²) in [5, 5.41) is 0. The van der Waals surface area contributed by atoms with E-state index in [0.717, 1.165) is 0 Å². The van der Waals surface area contributed by atoms with Crippen LogP contribution in [-0.2, 0) is 0 Å². The molecule has 0 aromatic heterocycles.